The molecule has 3 heteroatoms. The first-order valence-corrected chi connectivity index (χ1v) is 7.14. The molecule has 2 bridgehead atoms. The van der Waals surface area contributed by atoms with Crippen molar-refractivity contribution in [2.45, 2.75) is 52.6 Å². The maximum Gasteiger partial charge on any atom is 0.0534 e. The van der Waals surface area contributed by atoms with Gasteiger partial charge in [-0.3, -0.25) is 4.68 Å². The third-order valence-corrected chi connectivity index (χ3v) is 6.10. The van der Waals surface area contributed by atoms with E-state index in [2.05, 4.69) is 37.4 Å². The highest BCUT2D eigenvalue weighted by Crippen LogP contribution is 2.65. The summed E-state index contributed by atoms with van der Waals surface area (Å²) >= 11 is 0. The summed E-state index contributed by atoms with van der Waals surface area (Å²) in [7, 11) is 1.98. The van der Waals surface area contributed by atoms with Crippen LogP contribution in [0, 0.1) is 16.7 Å². The fourth-order valence-corrected chi connectivity index (χ4v) is 4.32. The lowest BCUT2D eigenvalue weighted by Gasteiger charge is -2.39. The number of aryl methyl sites for hydroxylation is 1. The second kappa shape index (κ2) is 3.83. The second-order valence-corrected chi connectivity index (χ2v) is 7.07. The Morgan fingerprint density at radius 2 is 2.22 bits per heavy atom. The van der Waals surface area contributed by atoms with Gasteiger partial charge in [-0.15, -0.1) is 0 Å². The molecule has 3 nitrogen and oxygen atoms in total. The van der Waals surface area contributed by atoms with Gasteiger partial charge in [0, 0.05) is 31.4 Å². The summed E-state index contributed by atoms with van der Waals surface area (Å²) in [6, 6.07) is 0.673. The summed E-state index contributed by atoms with van der Waals surface area (Å²) in [5.74, 6) is 0.911. The lowest BCUT2D eigenvalue weighted by Crippen LogP contribution is -2.44. The number of hydrogen-bond acceptors (Lipinski definition) is 2. The minimum Gasteiger partial charge on any atom is -0.309 e. The first kappa shape index (κ1) is 12.2. The van der Waals surface area contributed by atoms with E-state index in [1.54, 1.807) is 0 Å². The number of rotatable bonds is 3. The van der Waals surface area contributed by atoms with Gasteiger partial charge in [0.05, 0.1) is 6.20 Å². The zero-order chi connectivity index (χ0) is 13.0. The van der Waals surface area contributed by atoms with Crippen LogP contribution in [0.3, 0.4) is 0 Å². The summed E-state index contributed by atoms with van der Waals surface area (Å²) in [5, 5.41) is 8.02. The smallest absolute Gasteiger partial charge is 0.0534 e. The van der Waals surface area contributed by atoms with Crippen LogP contribution in [0.2, 0.25) is 0 Å². The number of hydrogen-bond donors (Lipinski definition) is 1. The summed E-state index contributed by atoms with van der Waals surface area (Å²) in [4.78, 5) is 0. The summed E-state index contributed by atoms with van der Waals surface area (Å²) in [6.07, 6.45) is 8.23. The minimum absolute atomic E-state index is 0.472. The van der Waals surface area contributed by atoms with E-state index in [1.165, 1.54) is 24.8 Å². The number of nitrogens with zero attached hydrogens (tertiary/aromatic N) is 2. The fourth-order valence-electron chi connectivity index (χ4n) is 4.32. The highest BCUT2D eigenvalue weighted by Gasteiger charge is 2.60. The van der Waals surface area contributed by atoms with E-state index >= 15 is 0 Å². The molecule has 2 aliphatic carbocycles. The summed E-state index contributed by atoms with van der Waals surface area (Å²) < 4.78 is 1.88. The Hall–Kier alpha value is -0.830. The normalized spacial score (nSPS) is 37.3. The maximum atomic E-state index is 4.23. The van der Waals surface area contributed by atoms with Crippen LogP contribution in [0.15, 0.2) is 12.4 Å². The zero-order valence-corrected chi connectivity index (χ0v) is 12.0. The van der Waals surface area contributed by atoms with E-state index in [9.17, 15) is 0 Å². The van der Waals surface area contributed by atoms with Gasteiger partial charge in [0.1, 0.15) is 0 Å². The molecule has 1 aromatic rings. The van der Waals surface area contributed by atoms with Gasteiger partial charge < -0.3 is 5.32 Å². The Morgan fingerprint density at radius 1 is 1.44 bits per heavy atom. The Morgan fingerprint density at radius 3 is 2.72 bits per heavy atom. The maximum absolute atomic E-state index is 4.23. The molecule has 0 radical (unpaired) electrons. The van der Waals surface area contributed by atoms with Gasteiger partial charge in [0.2, 0.25) is 0 Å². The minimum atomic E-state index is 0.472. The van der Waals surface area contributed by atoms with Gasteiger partial charge >= 0.3 is 0 Å². The largest absolute Gasteiger partial charge is 0.309 e. The molecule has 3 rings (SSSR count). The summed E-state index contributed by atoms with van der Waals surface area (Å²) in [6.45, 7) is 8.38. The van der Waals surface area contributed by atoms with Crippen molar-refractivity contribution < 1.29 is 0 Å². The number of fused-ring (bicyclic) bond motifs is 2. The SMILES string of the molecule is Cn1cc(CNC2CC3CCC2(C)C3(C)C)cn1. The third kappa shape index (κ3) is 1.56. The number of nitrogens with one attached hydrogen (secondary N) is 1. The van der Waals surface area contributed by atoms with Crippen LogP contribution in [0.4, 0.5) is 0 Å². The van der Waals surface area contributed by atoms with E-state index in [4.69, 9.17) is 0 Å². The van der Waals surface area contributed by atoms with Gasteiger partial charge in [0.25, 0.3) is 0 Å². The van der Waals surface area contributed by atoms with Crippen LogP contribution in [0.5, 0.6) is 0 Å². The Balaban J connectivity index is 1.69. The average Bonchev–Trinajstić information content (AvgIpc) is 2.87. The molecular formula is C15H25N3. The van der Waals surface area contributed by atoms with Crippen molar-refractivity contribution in [1.29, 1.82) is 0 Å². The molecule has 1 N–H and O–H groups in total. The molecule has 2 aliphatic rings. The monoisotopic (exact) mass is 247 g/mol. The van der Waals surface area contributed by atoms with Gasteiger partial charge in [-0.2, -0.15) is 5.10 Å². The molecule has 0 saturated heterocycles. The average molecular weight is 247 g/mol. The van der Waals surface area contributed by atoms with Crippen LogP contribution in [-0.2, 0) is 13.6 Å². The van der Waals surface area contributed by atoms with E-state index in [1.807, 2.05) is 17.9 Å². The second-order valence-electron chi connectivity index (χ2n) is 7.07. The first-order chi connectivity index (χ1) is 8.43. The molecule has 1 heterocycles. The third-order valence-electron chi connectivity index (χ3n) is 6.10. The molecule has 1 aromatic heterocycles. The molecule has 0 amide bonds. The van der Waals surface area contributed by atoms with Crippen molar-refractivity contribution in [3.8, 4) is 0 Å². The molecule has 18 heavy (non-hydrogen) atoms. The van der Waals surface area contributed by atoms with Crippen molar-refractivity contribution in [3.05, 3.63) is 18.0 Å². The van der Waals surface area contributed by atoms with E-state index < -0.39 is 0 Å². The van der Waals surface area contributed by atoms with E-state index in [0.29, 0.717) is 16.9 Å². The molecule has 0 aromatic carbocycles. The molecule has 2 saturated carbocycles. The Kier molecular flexibility index (Phi) is 2.60. The van der Waals surface area contributed by atoms with Crippen molar-refractivity contribution in [2.24, 2.45) is 23.8 Å². The van der Waals surface area contributed by atoms with Crippen LogP contribution in [0.25, 0.3) is 0 Å². The fraction of sp³-hybridized carbons (Fsp3) is 0.800. The predicted molar refractivity (Wildman–Crippen MR) is 73.1 cm³/mol. The van der Waals surface area contributed by atoms with Gasteiger partial charge in [-0.1, -0.05) is 20.8 Å². The molecule has 3 unspecified atom stereocenters. The molecule has 2 fully saturated rings. The highest BCUT2D eigenvalue weighted by molar-refractivity contribution is 5.14. The quantitative estimate of drug-likeness (QED) is 0.890. The molecule has 100 valence electrons. The molecule has 3 atom stereocenters. The topological polar surface area (TPSA) is 29.9 Å². The van der Waals surface area contributed by atoms with Gasteiger partial charge in [-0.25, -0.2) is 0 Å². The standard InChI is InChI=1S/C15H25N3/c1-14(2)12-5-6-15(14,3)13(7-12)16-8-11-9-17-18(4)10-11/h9-10,12-13,16H,5-8H2,1-4H3. The van der Waals surface area contributed by atoms with Crippen molar-refractivity contribution in [3.63, 3.8) is 0 Å². The van der Waals surface area contributed by atoms with Crippen molar-refractivity contribution in [1.82, 2.24) is 15.1 Å². The van der Waals surface area contributed by atoms with Crippen LogP contribution < -0.4 is 5.32 Å². The Bertz CT molecular complexity index is 448. The molecule has 0 aliphatic heterocycles. The highest BCUT2D eigenvalue weighted by atomic mass is 15.2. The van der Waals surface area contributed by atoms with E-state index in [-0.39, 0.29) is 0 Å². The van der Waals surface area contributed by atoms with Crippen LogP contribution in [0.1, 0.15) is 45.6 Å². The summed E-state index contributed by atoms with van der Waals surface area (Å²) in [5.41, 5.74) is 2.26. The predicted octanol–water partition coefficient (Wildman–Crippen LogP) is 2.72. The van der Waals surface area contributed by atoms with Crippen molar-refractivity contribution in [2.75, 3.05) is 0 Å². The lowest BCUT2D eigenvalue weighted by atomic mass is 9.69. The van der Waals surface area contributed by atoms with Crippen LogP contribution >= 0.6 is 0 Å². The van der Waals surface area contributed by atoms with Gasteiger partial charge in [-0.05, 0) is 36.0 Å². The van der Waals surface area contributed by atoms with E-state index in [0.717, 1.165) is 12.5 Å². The lowest BCUT2D eigenvalue weighted by molar-refractivity contribution is 0.120. The number of aromatic nitrogens is 2. The Labute approximate surface area is 110 Å². The van der Waals surface area contributed by atoms with Gasteiger partial charge in [0.15, 0.2) is 0 Å². The molecular weight excluding hydrogens is 222 g/mol. The first-order valence-electron chi connectivity index (χ1n) is 7.14. The molecule has 0 spiro atoms. The van der Waals surface area contributed by atoms with Crippen LogP contribution in [-0.4, -0.2) is 15.8 Å². The zero-order valence-electron chi connectivity index (χ0n) is 12.0. The van der Waals surface area contributed by atoms with Crippen molar-refractivity contribution >= 4 is 0 Å².